The van der Waals surface area contributed by atoms with E-state index in [2.05, 4.69) is 5.32 Å². The lowest BCUT2D eigenvalue weighted by atomic mass is 10.3. The standard InChI is InChI=1S/C9H11N3O5/c1-5(13)10-2-3-12-4-6(8(15)16)7(14)11-9(12)17/h4H,2-3H2,1H3,(H,10,13)(H,15,16)(H,11,14,17). The van der Waals surface area contributed by atoms with Gasteiger partial charge in [-0.15, -0.1) is 0 Å². The Bertz CT molecular complexity index is 556. The van der Waals surface area contributed by atoms with E-state index in [1.807, 2.05) is 4.98 Å². The lowest BCUT2D eigenvalue weighted by molar-refractivity contribution is -0.118. The van der Waals surface area contributed by atoms with Crippen molar-refractivity contribution in [1.82, 2.24) is 14.9 Å². The van der Waals surface area contributed by atoms with Crippen LogP contribution in [0.5, 0.6) is 0 Å². The number of hydrogen-bond acceptors (Lipinski definition) is 4. The predicted molar refractivity (Wildman–Crippen MR) is 57.0 cm³/mol. The summed E-state index contributed by atoms with van der Waals surface area (Å²) in [6, 6.07) is 0. The lowest BCUT2D eigenvalue weighted by Gasteiger charge is -2.06. The second-order valence-corrected chi connectivity index (χ2v) is 3.28. The van der Waals surface area contributed by atoms with Gasteiger partial charge in [0.2, 0.25) is 5.91 Å². The Kier molecular flexibility index (Phi) is 3.81. The van der Waals surface area contributed by atoms with Gasteiger partial charge in [0.15, 0.2) is 0 Å². The molecule has 8 nitrogen and oxygen atoms in total. The zero-order chi connectivity index (χ0) is 13.0. The maximum atomic E-state index is 11.3. The number of carboxylic acids is 1. The molecule has 0 bridgehead atoms. The van der Waals surface area contributed by atoms with E-state index in [-0.39, 0.29) is 19.0 Å². The summed E-state index contributed by atoms with van der Waals surface area (Å²) >= 11 is 0. The minimum atomic E-state index is -1.42. The van der Waals surface area contributed by atoms with Crippen LogP contribution in [-0.4, -0.2) is 33.1 Å². The Labute approximate surface area is 94.9 Å². The van der Waals surface area contributed by atoms with Gasteiger partial charge < -0.3 is 10.4 Å². The molecule has 0 aromatic carbocycles. The highest BCUT2D eigenvalue weighted by Crippen LogP contribution is 1.87. The third kappa shape index (κ3) is 3.30. The van der Waals surface area contributed by atoms with Gasteiger partial charge in [-0.25, -0.2) is 9.59 Å². The summed E-state index contributed by atoms with van der Waals surface area (Å²) in [4.78, 5) is 45.5. The highest BCUT2D eigenvalue weighted by atomic mass is 16.4. The molecular weight excluding hydrogens is 230 g/mol. The SMILES string of the molecule is CC(=O)NCCn1cc(C(=O)O)c(=O)[nH]c1=O. The van der Waals surface area contributed by atoms with Gasteiger partial charge >= 0.3 is 11.7 Å². The molecule has 0 atom stereocenters. The molecule has 1 amide bonds. The summed E-state index contributed by atoms with van der Waals surface area (Å²) < 4.78 is 1.01. The number of amides is 1. The van der Waals surface area contributed by atoms with E-state index >= 15 is 0 Å². The molecule has 8 heteroatoms. The van der Waals surface area contributed by atoms with Gasteiger partial charge in [0.25, 0.3) is 5.56 Å². The number of hydrogen-bond donors (Lipinski definition) is 3. The number of carbonyl (C=O) groups is 2. The summed E-state index contributed by atoms with van der Waals surface area (Å²) in [5, 5.41) is 11.1. The van der Waals surface area contributed by atoms with Crippen molar-refractivity contribution >= 4 is 11.9 Å². The van der Waals surface area contributed by atoms with Gasteiger partial charge in [-0.1, -0.05) is 0 Å². The number of carboxylic acid groups (broad SMARTS) is 1. The first-order valence-electron chi connectivity index (χ1n) is 4.73. The van der Waals surface area contributed by atoms with Crippen LogP contribution in [0.15, 0.2) is 15.8 Å². The molecule has 0 fully saturated rings. The van der Waals surface area contributed by atoms with Crippen LogP contribution in [-0.2, 0) is 11.3 Å². The van der Waals surface area contributed by atoms with Crippen LogP contribution in [0, 0.1) is 0 Å². The topological polar surface area (TPSA) is 121 Å². The second kappa shape index (κ2) is 5.10. The number of rotatable bonds is 4. The molecule has 0 spiro atoms. The van der Waals surface area contributed by atoms with E-state index in [0.29, 0.717) is 0 Å². The maximum absolute atomic E-state index is 11.3. The highest BCUT2D eigenvalue weighted by molar-refractivity contribution is 5.86. The molecule has 0 radical (unpaired) electrons. The first-order valence-corrected chi connectivity index (χ1v) is 4.73. The van der Waals surface area contributed by atoms with Crippen molar-refractivity contribution in [3.05, 3.63) is 32.6 Å². The van der Waals surface area contributed by atoms with Crippen LogP contribution in [0.2, 0.25) is 0 Å². The number of aromatic carboxylic acids is 1. The van der Waals surface area contributed by atoms with Crippen LogP contribution in [0.3, 0.4) is 0 Å². The summed E-state index contributed by atoms with van der Waals surface area (Å²) in [7, 11) is 0. The van der Waals surface area contributed by atoms with Crippen molar-refractivity contribution < 1.29 is 14.7 Å². The average molecular weight is 241 g/mol. The van der Waals surface area contributed by atoms with Crippen molar-refractivity contribution in [2.45, 2.75) is 13.5 Å². The summed E-state index contributed by atoms with van der Waals surface area (Å²) in [6.45, 7) is 1.56. The van der Waals surface area contributed by atoms with Gasteiger partial charge in [0.05, 0.1) is 0 Å². The van der Waals surface area contributed by atoms with E-state index in [1.165, 1.54) is 6.92 Å². The fourth-order valence-corrected chi connectivity index (χ4v) is 1.18. The molecule has 0 aliphatic heterocycles. The van der Waals surface area contributed by atoms with Gasteiger partial charge in [-0.2, -0.15) is 0 Å². The van der Waals surface area contributed by atoms with E-state index in [4.69, 9.17) is 5.11 Å². The molecule has 0 unspecified atom stereocenters. The van der Waals surface area contributed by atoms with Gasteiger partial charge in [0, 0.05) is 26.2 Å². The van der Waals surface area contributed by atoms with Crippen LogP contribution >= 0.6 is 0 Å². The Morgan fingerprint density at radius 2 is 2.12 bits per heavy atom. The predicted octanol–water partition coefficient (Wildman–Crippen LogP) is -1.63. The molecule has 1 heterocycles. The smallest absolute Gasteiger partial charge is 0.342 e. The van der Waals surface area contributed by atoms with Gasteiger partial charge in [-0.05, 0) is 0 Å². The zero-order valence-electron chi connectivity index (χ0n) is 9.02. The molecule has 3 N–H and O–H groups in total. The minimum absolute atomic E-state index is 0.0788. The summed E-state index contributed by atoms with van der Waals surface area (Å²) in [5.41, 5.74) is -2.18. The van der Waals surface area contributed by atoms with E-state index in [9.17, 15) is 19.2 Å². The highest BCUT2D eigenvalue weighted by Gasteiger charge is 2.11. The van der Waals surface area contributed by atoms with Crippen LogP contribution in [0.25, 0.3) is 0 Å². The van der Waals surface area contributed by atoms with Crippen molar-refractivity contribution in [3.8, 4) is 0 Å². The number of H-pyrrole nitrogens is 1. The molecular formula is C9H11N3O5. The fraction of sp³-hybridized carbons (Fsp3) is 0.333. The average Bonchev–Trinajstić information content (AvgIpc) is 2.20. The Morgan fingerprint density at radius 1 is 1.47 bits per heavy atom. The number of carbonyl (C=O) groups excluding carboxylic acids is 1. The molecule has 0 saturated heterocycles. The Morgan fingerprint density at radius 3 is 2.65 bits per heavy atom. The second-order valence-electron chi connectivity index (χ2n) is 3.28. The molecule has 92 valence electrons. The summed E-state index contributed by atoms with van der Waals surface area (Å²) in [6.07, 6.45) is 0.950. The largest absolute Gasteiger partial charge is 0.477 e. The van der Waals surface area contributed by atoms with Crippen molar-refractivity contribution in [2.75, 3.05) is 6.54 Å². The van der Waals surface area contributed by atoms with Crippen molar-refractivity contribution in [2.24, 2.45) is 0 Å². The van der Waals surface area contributed by atoms with E-state index < -0.39 is 22.8 Å². The van der Waals surface area contributed by atoms with Crippen LogP contribution in [0.4, 0.5) is 0 Å². The Hall–Kier alpha value is -2.38. The number of aromatic nitrogens is 2. The number of nitrogens with zero attached hydrogens (tertiary/aromatic N) is 1. The normalized spacial score (nSPS) is 9.94. The molecule has 1 aromatic rings. The van der Waals surface area contributed by atoms with E-state index in [1.54, 1.807) is 0 Å². The zero-order valence-corrected chi connectivity index (χ0v) is 9.02. The minimum Gasteiger partial charge on any atom is -0.477 e. The molecule has 1 rings (SSSR count). The maximum Gasteiger partial charge on any atom is 0.342 e. The molecule has 1 aromatic heterocycles. The number of nitrogens with one attached hydrogen (secondary N) is 2. The van der Waals surface area contributed by atoms with Crippen LogP contribution in [0.1, 0.15) is 17.3 Å². The van der Waals surface area contributed by atoms with Gasteiger partial charge in [0.1, 0.15) is 5.56 Å². The van der Waals surface area contributed by atoms with Crippen LogP contribution < -0.4 is 16.6 Å². The lowest BCUT2D eigenvalue weighted by Crippen LogP contribution is -2.36. The summed E-state index contributed by atoms with van der Waals surface area (Å²) in [5.74, 6) is -1.68. The first-order chi connectivity index (χ1) is 7.91. The molecule has 0 aliphatic carbocycles. The monoisotopic (exact) mass is 241 g/mol. The van der Waals surface area contributed by atoms with E-state index in [0.717, 1.165) is 10.8 Å². The van der Waals surface area contributed by atoms with Crippen molar-refractivity contribution in [1.29, 1.82) is 0 Å². The molecule has 0 saturated carbocycles. The molecule has 17 heavy (non-hydrogen) atoms. The van der Waals surface area contributed by atoms with Crippen molar-refractivity contribution in [3.63, 3.8) is 0 Å². The molecule has 0 aliphatic rings. The number of aromatic amines is 1. The van der Waals surface area contributed by atoms with Gasteiger partial charge in [-0.3, -0.25) is 19.1 Å². The fourth-order valence-electron chi connectivity index (χ4n) is 1.18. The first kappa shape index (κ1) is 12.7. The quantitative estimate of drug-likeness (QED) is 0.584. The third-order valence-corrected chi connectivity index (χ3v) is 1.97. The third-order valence-electron chi connectivity index (χ3n) is 1.97. The Balaban J connectivity index is 2.96.